The highest BCUT2D eigenvalue weighted by atomic mass is 15.0. The molecule has 0 aliphatic rings. The number of hydrogen-bond acceptors (Lipinski definition) is 4. The summed E-state index contributed by atoms with van der Waals surface area (Å²) in [5.74, 6) is 1.89. The molecule has 0 aliphatic carbocycles. The van der Waals surface area contributed by atoms with Crippen molar-refractivity contribution in [3.8, 4) is 78.7 Å². The Bertz CT molecular complexity index is 2880. The van der Waals surface area contributed by atoms with Gasteiger partial charge in [0.25, 0.3) is 0 Å². The van der Waals surface area contributed by atoms with Gasteiger partial charge < -0.3 is 0 Å². The molecule has 0 saturated heterocycles. The molecular weight excluding hydrogens is 681 g/mol. The maximum absolute atomic E-state index is 5.05. The Kier molecular flexibility index (Phi) is 8.47. The molecule has 8 aromatic carbocycles. The lowest BCUT2D eigenvalue weighted by Crippen LogP contribution is -2.00. The largest absolute Gasteiger partial charge is 0.256 e. The van der Waals surface area contributed by atoms with E-state index < -0.39 is 0 Å². The number of fused-ring (bicyclic) bond motifs is 3. The molecule has 0 aliphatic heterocycles. The minimum atomic E-state index is 0.626. The molecule has 0 saturated carbocycles. The van der Waals surface area contributed by atoms with Gasteiger partial charge in [0.1, 0.15) is 0 Å². The Labute approximate surface area is 325 Å². The number of aromatic nitrogens is 4. The fourth-order valence-corrected chi connectivity index (χ4v) is 7.48. The second-order valence-electron chi connectivity index (χ2n) is 13.9. The van der Waals surface area contributed by atoms with Crippen LogP contribution in [-0.2, 0) is 0 Å². The lowest BCUT2D eigenvalue weighted by atomic mass is 9.94. The summed E-state index contributed by atoms with van der Waals surface area (Å²) in [5.41, 5.74) is 13.0. The van der Waals surface area contributed by atoms with E-state index in [1.807, 2.05) is 24.4 Å². The van der Waals surface area contributed by atoms with Crippen LogP contribution in [0.1, 0.15) is 0 Å². The molecule has 262 valence electrons. The molecule has 0 fully saturated rings. The van der Waals surface area contributed by atoms with Crippen LogP contribution in [0.5, 0.6) is 0 Å². The van der Waals surface area contributed by atoms with Crippen LogP contribution in [0.2, 0.25) is 0 Å². The summed E-state index contributed by atoms with van der Waals surface area (Å²) in [6, 6.07) is 69.9. The van der Waals surface area contributed by atoms with Crippen molar-refractivity contribution in [1.29, 1.82) is 0 Å². The first kappa shape index (κ1) is 33.0. The third kappa shape index (κ3) is 6.40. The van der Waals surface area contributed by atoms with E-state index in [0.29, 0.717) is 17.5 Å². The van der Waals surface area contributed by atoms with Gasteiger partial charge in [-0.25, -0.2) is 15.0 Å². The maximum atomic E-state index is 5.05. The van der Waals surface area contributed by atoms with Crippen LogP contribution in [0.4, 0.5) is 0 Å². The number of pyridine rings is 1. The molecule has 0 amide bonds. The smallest absolute Gasteiger partial charge is 0.164 e. The number of rotatable bonds is 7. The van der Waals surface area contributed by atoms with Gasteiger partial charge in [0.05, 0.1) is 5.52 Å². The van der Waals surface area contributed by atoms with E-state index in [-0.39, 0.29) is 0 Å². The standard InChI is InChI=1S/C52H34N4/c1-3-10-35(11-4-1)37-19-25-41(26-20-37)50-54-51(42-27-21-38(22-28-42)36-12-5-2-6-13-36)56-52(55-50)43-29-23-39(24-30-43)44-14-7-15-45(34-44)46-17-8-18-48-47(46)32-31-40-16-9-33-53-49(40)48/h1-34H. The molecule has 4 nitrogen and oxygen atoms in total. The molecule has 0 radical (unpaired) electrons. The van der Waals surface area contributed by atoms with Gasteiger partial charge in [-0.15, -0.1) is 0 Å². The zero-order valence-corrected chi connectivity index (χ0v) is 30.4. The van der Waals surface area contributed by atoms with Gasteiger partial charge in [0, 0.05) is 33.7 Å². The predicted octanol–water partition coefficient (Wildman–Crippen LogP) is 13.2. The molecule has 10 aromatic rings. The first-order valence-corrected chi connectivity index (χ1v) is 18.8. The van der Waals surface area contributed by atoms with Crippen LogP contribution >= 0.6 is 0 Å². The Hall–Kier alpha value is -7.56. The van der Waals surface area contributed by atoms with Crippen LogP contribution < -0.4 is 0 Å². The zero-order valence-electron chi connectivity index (χ0n) is 30.4. The van der Waals surface area contributed by atoms with Crippen LogP contribution in [0.25, 0.3) is 100 Å². The van der Waals surface area contributed by atoms with Crippen LogP contribution in [0.3, 0.4) is 0 Å². The van der Waals surface area contributed by atoms with Crippen molar-refractivity contribution >= 4 is 21.7 Å². The molecular formula is C52H34N4. The Morgan fingerprint density at radius 2 is 0.714 bits per heavy atom. The van der Waals surface area contributed by atoms with E-state index >= 15 is 0 Å². The Morgan fingerprint density at radius 3 is 1.27 bits per heavy atom. The highest BCUT2D eigenvalue weighted by Crippen LogP contribution is 2.35. The maximum Gasteiger partial charge on any atom is 0.164 e. The van der Waals surface area contributed by atoms with Crippen molar-refractivity contribution < 1.29 is 0 Å². The highest BCUT2D eigenvalue weighted by molar-refractivity contribution is 6.10. The van der Waals surface area contributed by atoms with E-state index in [9.17, 15) is 0 Å². The van der Waals surface area contributed by atoms with Crippen LogP contribution in [0, 0.1) is 0 Å². The average Bonchev–Trinajstić information content (AvgIpc) is 3.29. The van der Waals surface area contributed by atoms with Crippen molar-refractivity contribution in [3.63, 3.8) is 0 Å². The molecule has 10 rings (SSSR count). The fraction of sp³-hybridized carbons (Fsp3) is 0. The summed E-state index contributed by atoms with van der Waals surface area (Å²) in [4.78, 5) is 19.8. The third-order valence-corrected chi connectivity index (χ3v) is 10.4. The third-order valence-electron chi connectivity index (χ3n) is 10.4. The minimum Gasteiger partial charge on any atom is -0.256 e. The van der Waals surface area contributed by atoms with Crippen LogP contribution in [-0.4, -0.2) is 19.9 Å². The average molecular weight is 715 g/mol. The second kappa shape index (κ2) is 14.3. The number of hydrogen-bond donors (Lipinski definition) is 0. The van der Waals surface area contributed by atoms with Crippen molar-refractivity contribution in [2.24, 2.45) is 0 Å². The van der Waals surface area contributed by atoms with Crippen molar-refractivity contribution in [3.05, 3.63) is 206 Å². The summed E-state index contributed by atoms with van der Waals surface area (Å²) in [6.07, 6.45) is 1.86. The number of benzene rings is 8. The van der Waals surface area contributed by atoms with Gasteiger partial charge in [-0.1, -0.05) is 188 Å². The summed E-state index contributed by atoms with van der Waals surface area (Å²) in [5, 5.41) is 3.49. The van der Waals surface area contributed by atoms with Crippen molar-refractivity contribution in [2.45, 2.75) is 0 Å². The fourth-order valence-electron chi connectivity index (χ4n) is 7.48. The first-order valence-electron chi connectivity index (χ1n) is 18.8. The summed E-state index contributed by atoms with van der Waals surface area (Å²) < 4.78 is 0. The molecule has 0 atom stereocenters. The van der Waals surface area contributed by atoms with Crippen molar-refractivity contribution in [1.82, 2.24) is 19.9 Å². The van der Waals surface area contributed by atoms with E-state index in [2.05, 4.69) is 182 Å². The molecule has 0 bridgehead atoms. The SMILES string of the molecule is c1ccc(-c2ccc(-c3nc(-c4ccc(-c5ccccc5)cc4)nc(-c4ccc(-c5cccc(-c6cccc7c6ccc6cccnc67)c5)cc4)n3)cc2)cc1. The summed E-state index contributed by atoms with van der Waals surface area (Å²) in [6.45, 7) is 0. The van der Waals surface area contributed by atoms with Crippen LogP contribution in [0.15, 0.2) is 206 Å². The predicted molar refractivity (Wildman–Crippen MR) is 231 cm³/mol. The van der Waals surface area contributed by atoms with E-state index in [0.717, 1.165) is 60.8 Å². The monoisotopic (exact) mass is 714 g/mol. The van der Waals surface area contributed by atoms with E-state index in [1.165, 1.54) is 22.1 Å². The topological polar surface area (TPSA) is 51.6 Å². The molecule has 2 aromatic heterocycles. The normalized spacial score (nSPS) is 11.2. The van der Waals surface area contributed by atoms with Crippen molar-refractivity contribution in [2.75, 3.05) is 0 Å². The van der Waals surface area contributed by atoms with Gasteiger partial charge in [-0.3, -0.25) is 4.98 Å². The summed E-state index contributed by atoms with van der Waals surface area (Å²) >= 11 is 0. The molecule has 2 heterocycles. The Balaban J connectivity index is 1.01. The van der Waals surface area contributed by atoms with E-state index in [4.69, 9.17) is 19.9 Å². The van der Waals surface area contributed by atoms with Gasteiger partial charge in [-0.2, -0.15) is 0 Å². The molecule has 4 heteroatoms. The quantitative estimate of drug-likeness (QED) is 0.154. The first-order chi connectivity index (χ1) is 27.7. The second-order valence-corrected chi connectivity index (χ2v) is 13.9. The molecule has 0 spiro atoms. The Morgan fingerprint density at radius 1 is 0.268 bits per heavy atom. The minimum absolute atomic E-state index is 0.626. The van der Waals surface area contributed by atoms with Gasteiger partial charge in [0.2, 0.25) is 0 Å². The van der Waals surface area contributed by atoms with Gasteiger partial charge in [-0.05, 0) is 62.0 Å². The van der Waals surface area contributed by atoms with Gasteiger partial charge >= 0.3 is 0 Å². The molecule has 0 unspecified atom stereocenters. The molecule has 56 heavy (non-hydrogen) atoms. The lowest BCUT2D eigenvalue weighted by molar-refractivity contribution is 1.07. The number of nitrogens with zero attached hydrogens (tertiary/aromatic N) is 4. The summed E-state index contributed by atoms with van der Waals surface area (Å²) in [7, 11) is 0. The zero-order chi connectivity index (χ0) is 37.3. The lowest BCUT2D eigenvalue weighted by Gasteiger charge is -2.12. The van der Waals surface area contributed by atoms with E-state index in [1.54, 1.807) is 0 Å². The molecule has 0 N–H and O–H groups in total. The highest BCUT2D eigenvalue weighted by Gasteiger charge is 2.14. The van der Waals surface area contributed by atoms with Gasteiger partial charge in [0.15, 0.2) is 17.5 Å².